The summed E-state index contributed by atoms with van der Waals surface area (Å²) < 4.78 is 61.0. The number of pyridine rings is 1. The number of benzene rings is 2. The van der Waals surface area contributed by atoms with E-state index in [1.807, 2.05) is 13.0 Å². The maximum absolute atomic E-state index is 14.3. The number of carbonyl (C=O) groups excluding carboxylic acids is 2. The molecule has 2 fully saturated rings. The number of nitrogens with one attached hydrogen (secondary N) is 1. The second-order valence-electron chi connectivity index (χ2n) is 10.8. The van der Waals surface area contributed by atoms with Crippen LogP contribution in [0.5, 0.6) is 5.75 Å². The summed E-state index contributed by atoms with van der Waals surface area (Å²) >= 11 is 5.18. The van der Waals surface area contributed by atoms with Gasteiger partial charge in [0.2, 0.25) is 5.43 Å². The van der Waals surface area contributed by atoms with E-state index in [1.165, 1.54) is 10.8 Å². The fourth-order valence-corrected chi connectivity index (χ4v) is 6.08. The highest BCUT2D eigenvalue weighted by molar-refractivity contribution is 7.79. The Morgan fingerprint density at radius 1 is 1.16 bits per heavy atom. The monoisotopic (exact) mass is 613 g/mol. The van der Waals surface area contributed by atoms with Gasteiger partial charge in [0.25, 0.3) is 11.8 Å². The molecule has 2 bridgehead atoms. The number of carbonyl (C=O) groups is 2. The highest BCUT2D eigenvalue weighted by atomic mass is 32.1. The van der Waals surface area contributed by atoms with Crippen LogP contribution in [-0.2, 0) is 22.6 Å². The van der Waals surface area contributed by atoms with Crippen molar-refractivity contribution in [2.75, 3.05) is 13.2 Å². The molecule has 9 nitrogen and oxygen atoms in total. The van der Waals surface area contributed by atoms with Crippen molar-refractivity contribution in [2.24, 2.45) is 0 Å². The third kappa shape index (κ3) is 5.11. The summed E-state index contributed by atoms with van der Waals surface area (Å²) in [5.41, 5.74) is -2.23. The molecular weight excluding hydrogens is 587 g/mol. The van der Waals surface area contributed by atoms with Gasteiger partial charge in [0.15, 0.2) is 17.0 Å². The molecule has 3 atom stereocenters. The Morgan fingerprint density at radius 3 is 2.56 bits per heavy atom. The summed E-state index contributed by atoms with van der Waals surface area (Å²) in [6.45, 7) is 1.44. The smallest absolute Gasteiger partial charge is 0.353 e. The average molecular weight is 614 g/mol. The van der Waals surface area contributed by atoms with Gasteiger partial charge in [-0.3, -0.25) is 14.4 Å². The van der Waals surface area contributed by atoms with Crippen LogP contribution in [0.1, 0.15) is 57.8 Å². The number of nitrogens with zero attached hydrogens (tertiary/aromatic N) is 2. The van der Waals surface area contributed by atoms with E-state index in [0.717, 1.165) is 0 Å². The molecule has 6 rings (SSSR count). The number of aromatic nitrogens is 1. The zero-order chi connectivity index (χ0) is 30.5. The van der Waals surface area contributed by atoms with E-state index in [4.69, 9.17) is 26.4 Å². The molecule has 0 aliphatic carbocycles. The zero-order valence-corrected chi connectivity index (χ0v) is 23.7. The van der Waals surface area contributed by atoms with Gasteiger partial charge in [0.05, 0.1) is 6.04 Å². The third-order valence-electron chi connectivity index (χ3n) is 8.21. The number of amides is 2. The summed E-state index contributed by atoms with van der Waals surface area (Å²) in [7, 11) is 0. The Balaban J connectivity index is 1.46. The van der Waals surface area contributed by atoms with Crippen LogP contribution in [0.25, 0.3) is 0 Å². The predicted octanol–water partition coefficient (Wildman–Crippen LogP) is 4.02. The number of hydrogen-bond donors (Lipinski definition) is 1. The van der Waals surface area contributed by atoms with Crippen molar-refractivity contribution in [1.82, 2.24) is 14.8 Å². The van der Waals surface area contributed by atoms with Crippen molar-refractivity contribution in [3.05, 3.63) is 98.7 Å². The molecular formula is C30H26F3N3O6S. The Kier molecular flexibility index (Phi) is 7.36. The maximum atomic E-state index is 14.3. The summed E-state index contributed by atoms with van der Waals surface area (Å²) in [5.74, 6) is -5.27. The lowest BCUT2D eigenvalue weighted by molar-refractivity contribution is 0.00988. The van der Waals surface area contributed by atoms with Crippen LogP contribution in [0.3, 0.4) is 0 Å². The largest absolute Gasteiger partial charge is 0.483 e. The van der Waals surface area contributed by atoms with Gasteiger partial charge in [0, 0.05) is 55.2 Å². The first-order chi connectivity index (χ1) is 20.6. The van der Waals surface area contributed by atoms with Crippen LogP contribution >= 0.6 is 12.2 Å². The van der Waals surface area contributed by atoms with E-state index in [-0.39, 0.29) is 42.5 Å². The fraction of sp³-hybridized carbons (Fsp3) is 0.333. The van der Waals surface area contributed by atoms with E-state index >= 15 is 0 Å². The van der Waals surface area contributed by atoms with E-state index < -0.39 is 64.0 Å². The van der Waals surface area contributed by atoms with Gasteiger partial charge in [-0.25, -0.2) is 13.2 Å². The summed E-state index contributed by atoms with van der Waals surface area (Å²) in [6.07, 6.45) is 2.27. The van der Waals surface area contributed by atoms with Crippen molar-refractivity contribution in [1.29, 1.82) is 0 Å². The van der Waals surface area contributed by atoms with Gasteiger partial charge in [0.1, 0.15) is 36.2 Å². The van der Waals surface area contributed by atoms with Crippen LogP contribution < -0.4 is 15.5 Å². The molecule has 1 N–H and O–H groups in total. The van der Waals surface area contributed by atoms with Gasteiger partial charge in [-0.15, -0.1) is 0 Å². The first kappa shape index (κ1) is 28.7. The highest BCUT2D eigenvalue weighted by Gasteiger charge is 2.55. The highest BCUT2D eigenvalue weighted by Crippen LogP contribution is 2.44. The lowest BCUT2D eigenvalue weighted by atomic mass is 9.89. The molecule has 2 saturated heterocycles. The van der Waals surface area contributed by atoms with E-state index in [1.54, 1.807) is 29.2 Å². The molecule has 3 aliphatic rings. The van der Waals surface area contributed by atoms with Crippen LogP contribution in [-0.4, -0.2) is 51.3 Å². The number of hydrogen-bond acceptors (Lipinski definition) is 7. The molecule has 0 radical (unpaired) electrons. The molecule has 43 heavy (non-hydrogen) atoms. The second-order valence-corrected chi connectivity index (χ2v) is 11.2. The predicted molar refractivity (Wildman–Crippen MR) is 150 cm³/mol. The lowest BCUT2D eigenvalue weighted by Crippen LogP contribution is -2.53. The van der Waals surface area contributed by atoms with Crippen molar-refractivity contribution in [2.45, 2.75) is 50.6 Å². The quantitative estimate of drug-likeness (QED) is 0.420. The van der Waals surface area contributed by atoms with Gasteiger partial charge >= 0.3 is 5.24 Å². The van der Waals surface area contributed by atoms with Crippen LogP contribution in [0.4, 0.5) is 13.2 Å². The van der Waals surface area contributed by atoms with Gasteiger partial charge in [-0.2, -0.15) is 0 Å². The Hall–Kier alpha value is -4.39. The van der Waals surface area contributed by atoms with Crippen molar-refractivity contribution < 1.29 is 37.0 Å². The second kappa shape index (κ2) is 11.0. The van der Waals surface area contributed by atoms with Crippen LogP contribution in [0.15, 0.2) is 53.5 Å². The first-order valence-electron chi connectivity index (χ1n) is 13.6. The summed E-state index contributed by atoms with van der Waals surface area (Å²) in [5, 5.41) is 2.30. The molecule has 224 valence electrons. The van der Waals surface area contributed by atoms with E-state index in [0.29, 0.717) is 30.5 Å². The zero-order valence-electron chi connectivity index (χ0n) is 22.9. The number of fused-ring (bicyclic) bond motifs is 5. The fourth-order valence-electron chi connectivity index (χ4n) is 5.86. The maximum Gasteiger partial charge on any atom is 0.353 e. The minimum atomic E-state index is -1.19. The third-order valence-corrected chi connectivity index (χ3v) is 8.41. The number of ether oxygens (including phenoxy) is 3. The number of halogens is 3. The molecule has 1 unspecified atom stereocenters. The SMILES string of the molecule is CC1CC[C@]2(COC(=S)O2)[C@H]2CN1C(=O)c1c(OCc3ccccc3)c(=O)c(C(=O)NCc3c(F)cc(F)cc3F)cn12. The van der Waals surface area contributed by atoms with Gasteiger partial charge in [-0.1, -0.05) is 30.3 Å². The van der Waals surface area contributed by atoms with Gasteiger partial charge < -0.3 is 29.0 Å². The molecule has 3 aromatic rings. The first-order valence-corrected chi connectivity index (χ1v) is 14.0. The summed E-state index contributed by atoms with van der Waals surface area (Å²) in [6, 6.07) is 9.10. The molecule has 4 heterocycles. The Bertz CT molecular complexity index is 1680. The molecule has 13 heteroatoms. The normalized spacial score (nSPS) is 22.5. The summed E-state index contributed by atoms with van der Waals surface area (Å²) in [4.78, 5) is 42.8. The molecule has 0 saturated carbocycles. The minimum absolute atomic E-state index is 0.0394. The Labute approximate surface area is 249 Å². The van der Waals surface area contributed by atoms with Gasteiger partial charge in [-0.05, 0) is 25.3 Å². The van der Waals surface area contributed by atoms with E-state index in [9.17, 15) is 27.6 Å². The van der Waals surface area contributed by atoms with Crippen molar-refractivity contribution >= 4 is 29.3 Å². The number of rotatable bonds is 6. The Morgan fingerprint density at radius 2 is 1.88 bits per heavy atom. The van der Waals surface area contributed by atoms with Crippen molar-refractivity contribution in [3.63, 3.8) is 0 Å². The molecule has 2 amide bonds. The molecule has 3 aliphatic heterocycles. The topological polar surface area (TPSA) is 99.1 Å². The molecule has 2 aromatic carbocycles. The lowest BCUT2D eigenvalue weighted by Gasteiger charge is -2.41. The van der Waals surface area contributed by atoms with Crippen LogP contribution in [0.2, 0.25) is 0 Å². The molecule has 1 aromatic heterocycles. The van der Waals surface area contributed by atoms with Crippen molar-refractivity contribution in [3.8, 4) is 5.75 Å². The number of thiocarbonyl (C=S) groups is 1. The molecule has 1 spiro atoms. The standard InChI is InChI=1S/C30H26F3N3O6S/c1-16-7-8-30(15-41-29(43)42-30)23-13-35(16)28(39)24-26(40-14-17-5-3-2-4-6-17)25(37)20(12-36(23)24)27(38)34-11-19-21(32)9-18(31)10-22(19)33/h2-6,9-10,12,16,23H,7-8,11,13-15H2,1H3,(H,34,38)/t16?,23-,30+/m1/s1. The van der Waals surface area contributed by atoms with E-state index in [2.05, 4.69) is 5.32 Å². The minimum Gasteiger partial charge on any atom is -0.483 e. The average Bonchev–Trinajstić information content (AvgIpc) is 3.30. The van der Waals surface area contributed by atoms with Crippen LogP contribution in [0, 0.1) is 17.5 Å².